The maximum absolute atomic E-state index is 5.06. The molecule has 16 heavy (non-hydrogen) atoms. The first kappa shape index (κ1) is 14.2. The van der Waals surface area contributed by atoms with E-state index >= 15 is 0 Å². The molecule has 92 valence electrons. The Morgan fingerprint density at radius 2 is 2.19 bits per heavy atom. The number of ether oxygens (including phenoxy) is 1. The SMILES string of the molecule is COCc1nc(CSCC[Si](C)(C)C)cs1. The number of thiazole rings is 1. The molecule has 5 heteroatoms. The summed E-state index contributed by atoms with van der Waals surface area (Å²) in [6.07, 6.45) is 0. The smallest absolute Gasteiger partial charge is 0.119 e. The Kier molecular flexibility index (Phi) is 6.03. The van der Waals surface area contributed by atoms with Gasteiger partial charge in [-0.2, -0.15) is 11.8 Å². The third-order valence-corrected chi connectivity index (χ3v) is 6.09. The van der Waals surface area contributed by atoms with Crippen molar-refractivity contribution < 1.29 is 4.74 Å². The lowest BCUT2D eigenvalue weighted by Gasteiger charge is -2.14. The van der Waals surface area contributed by atoms with E-state index in [4.69, 9.17) is 4.74 Å². The largest absolute Gasteiger partial charge is 0.378 e. The lowest BCUT2D eigenvalue weighted by Crippen LogP contribution is -2.19. The first-order valence-electron chi connectivity index (χ1n) is 5.51. The molecule has 1 rings (SSSR count). The number of aromatic nitrogens is 1. The van der Waals surface area contributed by atoms with Crippen LogP contribution in [-0.4, -0.2) is 25.9 Å². The summed E-state index contributed by atoms with van der Waals surface area (Å²) in [5, 5.41) is 3.24. The lowest BCUT2D eigenvalue weighted by atomic mass is 10.6. The highest BCUT2D eigenvalue weighted by molar-refractivity contribution is 7.98. The molecule has 0 radical (unpaired) electrons. The normalized spacial score (nSPS) is 12.0. The van der Waals surface area contributed by atoms with E-state index in [9.17, 15) is 0 Å². The summed E-state index contributed by atoms with van der Waals surface area (Å²) in [5.74, 6) is 2.32. The van der Waals surface area contributed by atoms with Gasteiger partial charge in [0.25, 0.3) is 0 Å². The van der Waals surface area contributed by atoms with Crippen LogP contribution in [0.3, 0.4) is 0 Å². The molecule has 1 heterocycles. The maximum Gasteiger partial charge on any atom is 0.119 e. The van der Waals surface area contributed by atoms with Gasteiger partial charge in [0.05, 0.1) is 12.3 Å². The fraction of sp³-hybridized carbons (Fsp3) is 0.727. The number of hydrogen-bond acceptors (Lipinski definition) is 4. The molecule has 0 aromatic carbocycles. The maximum atomic E-state index is 5.06. The zero-order chi connectivity index (χ0) is 12.0. The van der Waals surface area contributed by atoms with E-state index in [0.29, 0.717) is 6.61 Å². The van der Waals surface area contributed by atoms with E-state index in [-0.39, 0.29) is 0 Å². The molecule has 0 bridgehead atoms. The lowest BCUT2D eigenvalue weighted by molar-refractivity contribution is 0.184. The summed E-state index contributed by atoms with van der Waals surface area (Å²) >= 11 is 3.70. The third-order valence-electron chi connectivity index (χ3n) is 2.11. The van der Waals surface area contributed by atoms with Gasteiger partial charge in [0.1, 0.15) is 5.01 Å². The number of rotatable bonds is 7. The van der Waals surface area contributed by atoms with Crippen molar-refractivity contribution >= 4 is 31.2 Å². The van der Waals surface area contributed by atoms with Crippen LogP contribution >= 0.6 is 23.1 Å². The summed E-state index contributed by atoms with van der Waals surface area (Å²) in [4.78, 5) is 4.52. The minimum atomic E-state index is -0.861. The Bertz CT molecular complexity index is 309. The van der Waals surface area contributed by atoms with Crippen LogP contribution in [0, 0.1) is 0 Å². The van der Waals surface area contributed by atoms with Gasteiger partial charge in [-0.1, -0.05) is 19.6 Å². The molecule has 0 spiro atoms. The van der Waals surface area contributed by atoms with Crippen molar-refractivity contribution in [2.75, 3.05) is 12.9 Å². The number of hydrogen-bond donors (Lipinski definition) is 0. The zero-order valence-corrected chi connectivity index (χ0v) is 13.2. The Balaban J connectivity index is 2.21. The van der Waals surface area contributed by atoms with Gasteiger partial charge in [0, 0.05) is 26.3 Å². The summed E-state index contributed by atoms with van der Waals surface area (Å²) in [6.45, 7) is 7.91. The van der Waals surface area contributed by atoms with E-state index in [2.05, 4.69) is 30.0 Å². The fourth-order valence-corrected chi connectivity index (χ4v) is 5.56. The van der Waals surface area contributed by atoms with Crippen LogP contribution in [0.15, 0.2) is 5.38 Å². The molecule has 1 aromatic heterocycles. The molecule has 2 nitrogen and oxygen atoms in total. The van der Waals surface area contributed by atoms with Gasteiger partial charge in [-0.25, -0.2) is 4.98 Å². The molecule has 0 unspecified atom stereocenters. The Labute approximate surface area is 108 Å². The average molecular weight is 276 g/mol. The number of thioether (sulfide) groups is 1. The van der Waals surface area contributed by atoms with Crippen molar-refractivity contribution in [2.45, 2.75) is 38.0 Å². The zero-order valence-electron chi connectivity index (χ0n) is 10.6. The van der Waals surface area contributed by atoms with Gasteiger partial charge in [0.15, 0.2) is 0 Å². The standard InChI is InChI=1S/C11H21NOS2Si/c1-13-7-11-12-10(9-15-11)8-14-5-6-16(2,3)4/h9H,5-8H2,1-4H3. The van der Waals surface area contributed by atoms with Crippen molar-refractivity contribution in [1.82, 2.24) is 4.98 Å². The molecular formula is C11H21NOS2Si. The average Bonchev–Trinajstić information content (AvgIpc) is 2.60. The van der Waals surface area contributed by atoms with Crippen molar-refractivity contribution in [3.63, 3.8) is 0 Å². The van der Waals surface area contributed by atoms with E-state index in [1.54, 1.807) is 18.4 Å². The predicted octanol–water partition coefficient (Wildman–Crippen LogP) is 3.86. The molecule has 1 aromatic rings. The van der Waals surface area contributed by atoms with Crippen molar-refractivity contribution in [1.29, 1.82) is 0 Å². The Morgan fingerprint density at radius 1 is 1.44 bits per heavy atom. The summed E-state index contributed by atoms with van der Waals surface area (Å²) < 4.78 is 5.06. The predicted molar refractivity (Wildman–Crippen MR) is 77.1 cm³/mol. The topological polar surface area (TPSA) is 22.1 Å². The molecule has 0 fully saturated rings. The minimum absolute atomic E-state index is 0.643. The van der Waals surface area contributed by atoms with Crippen molar-refractivity contribution in [3.05, 3.63) is 16.1 Å². The van der Waals surface area contributed by atoms with E-state index in [0.717, 1.165) is 10.8 Å². The Hall–Kier alpha value is 0.157. The first-order valence-corrected chi connectivity index (χ1v) is 11.3. The van der Waals surface area contributed by atoms with Crippen molar-refractivity contribution in [2.24, 2.45) is 0 Å². The molecule has 0 N–H and O–H groups in total. The van der Waals surface area contributed by atoms with Crippen LogP contribution in [-0.2, 0) is 17.1 Å². The quantitative estimate of drug-likeness (QED) is 0.557. The molecule has 0 aliphatic rings. The third kappa shape index (κ3) is 6.03. The second-order valence-electron chi connectivity index (χ2n) is 5.03. The van der Waals surface area contributed by atoms with Gasteiger partial charge in [-0.05, 0) is 11.8 Å². The van der Waals surface area contributed by atoms with E-state index in [1.807, 2.05) is 11.8 Å². The summed E-state index contributed by atoms with van der Waals surface area (Å²) in [5.41, 5.74) is 1.21. The molecule has 0 aliphatic heterocycles. The van der Waals surface area contributed by atoms with Crippen LogP contribution in [0.25, 0.3) is 0 Å². The van der Waals surface area contributed by atoms with Gasteiger partial charge in [-0.3, -0.25) is 0 Å². The second-order valence-corrected chi connectivity index (χ2v) is 12.7. The van der Waals surface area contributed by atoms with Crippen LogP contribution in [0.1, 0.15) is 10.7 Å². The molecule has 0 aliphatic carbocycles. The van der Waals surface area contributed by atoms with Crippen LogP contribution in [0.4, 0.5) is 0 Å². The van der Waals surface area contributed by atoms with E-state index < -0.39 is 8.07 Å². The van der Waals surface area contributed by atoms with Crippen LogP contribution < -0.4 is 0 Å². The minimum Gasteiger partial charge on any atom is -0.378 e. The van der Waals surface area contributed by atoms with E-state index in [1.165, 1.54) is 17.5 Å². The molecule has 0 atom stereocenters. The fourth-order valence-electron chi connectivity index (χ4n) is 1.16. The first-order chi connectivity index (χ1) is 7.51. The van der Waals surface area contributed by atoms with Crippen molar-refractivity contribution in [3.8, 4) is 0 Å². The molecule has 0 amide bonds. The molecular weight excluding hydrogens is 254 g/mol. The second kappa shape index (κ2) is 6.79. The van der Waals surface area contributed by atoms with Crippen LogP contribution in [0.5, 0.6) is 0 Å². The van der Waals surface area contributed by atoms with Gasteiger partial charge >= 0.3 is 0 Å². The molecule has 0 saturated carbocycles. The van der Waals surface area contributed by atoms with Gasteiger partial charge in [0.2, 0.25) is 0 Å². The Morgan fingerprint density at radius 3 is 2.81 bits per heavy atom. The van der Waals surface area contributed by atoms with Crippen LogP contribution in [0.2, 0.25) is 25.7 Å². The molecule has 0 saturated heterocycles. The monoisotopic (exact) mass is 275 g/mol. The highest BCUT2D eigenvalue weighted by Crippen LogP contribution is 2.19. The number of nitrogens with zero attached hydrogens (tertiary/aromatic N) is 1. The van der Waals surface area contributed by atoms with Gasteiger partial charge in [-0.15, -0.1) is 11.3 Å². The van der Waals surface area contributed by atoms with Gasteiger partial charge < -0.3 is 4.74 Å². The summed E-state index contributed by atoms with van der Waals surface area (Å²) in [7, 11) is 0.851. The summed E-state index contributed by atoms with van der Waals surface area (Å²) in [6, 6.07) is 1.40. The highest BCUT2D eigenvalue weighted by atomic mass is 32.2. The highest BCUT2D eigenvalue weighted by Gasteiger charge is 2.12. The number of methoxy groups -OCH3 is 1.